The molecular formula is C18H30N2S. The molecule has 118 valence electrons. The van der Waals surface area contributed by atoms with Crippen LogP contribution in [0, 0.1) is 0 Å². The van der Waals surface area contributed by atoms with Crippen LogP contribution in [0.15, 0.2) is 24.3 Å². The van der Waals surface area contributed by atoms with Gasteiger partial charge in [-0.1, -0.05) is 38.1 Å². The Labute approximate surface area is 134 Å². The molecule has 1 saturated heterocycles. The van der Waals surface area contributed by atoms with Crippen molar-refractivity contribution in [3.63, 3.8) is 0 Å². The maximum absolute atomic E-state index is 3.51. The van der Waals surface area contributed by atoms with Gasteiger partial charge in [0.25, 0.3) is 0 Å². The average Bonchev–Trinajstić information content (AvgIpc) is 2.50. The van der Waals surface area contributed by atoms with Crippen LogP contribution in [0.5, 0.6) is 0 Å². The van der Waals surface area contributed by atoms with E-state index < -0.39 is 0 Å². The van der Waals surface area contributed by atoms with Crippen LogP contribution in [0.2, 0.25) is 0 Å². The fraction of sp³-hybridized carbons (Fsp3) is 0.667. The largest absolute Gasteiger partial charge is 0.316 e. The summed E-state index contributed by atoms with van der Waals surface area (Å²) in [4.78, 5) is 2.65. The smallest absolute Gasteiger partial charge is 0.0240 e. The van der Waals surface area contributed by atoms with Crippen molar-refractivity contribution >= 4 is 11.8 Å². The standard InChI is InChI=1S/C18H30N2S/c1-4-10-19-11-9-17-7-5-6-8-18(17)14-20-12-13-21-16(3)15(20)2/h5-8,15-16,19H,4,9-14H2,1-3H3. The number of nitrogens with one attached hydrogen (secondary N) is 1. The molecule has 1 aromatic rings. The third kappa shape index (κ3) is 5.01. The van der Waals surface area contributed by atoms with E-state index in [0.717, 1.165) is 31.3 Å². The van der Waals surface area contributed by atoms with Crippen LogP contribution in [-0.4, -0.2) is 41.6 Å². The van der Waals surface area contributed by atoms with Gasteiger partial charge in [0.2, 0.25) is 0 Å². The van der Waals surface area contributed by atoms with E-state index in [4.69, 9.17) is 0 Å². The maximum atomic E-state index is 3.51. The second-order valence-corrected chi connectivity index (χ2v) is 7.54. The van der Waals surface area contributed by atoms with E-state index in [1.807, 2.05) is 0 Å². The molecule has 0 radical (unpaired) electrons. The predicted octanol–water partition coefficient (Wildman–Crippen LogP) is 3.55. The van der Waals surface area contributed by atoms with Crippen molar-refractivity contribution in [1.29, 1.82) is 0 Å². The van der Waals surface area contributed by atoms with Gasteiger partial charge in [0.05, 0.1) is 0 Å². The summed E-state index contributed by atoms with van der Waals surface area (Å²) in [5.74, 6) is 1.27. The Kier molecular flexibility index (Phi) is 7.08. The summed E-state index contributed by atoms with van der Waals surface area (Å²) in [6, 6.07) is 9.65. The van der Waals surface area contributed by atoms with Gasteiger partial charge in [0, 0.05) is 30.1 Å². The molecule has 0 bridgehead atoms. The van der Waals surface area contributed by atoms with Gasteiger partial charge in [-0.25, -0.2) is 0 Å². The minimum atomic E-state index is 0.676. The van der Waals surface area contributed by atoms with E-state index >= 15 is 0 Å². The monoisotopic (exact) mass is 306 g/mol. The molecule has 0 aliphatic carbocycles. The van der Waals surface area contributed by atoms with E-state index in [-0.39, 0.29) is 0 Å². The molecule has 0 spiro atoms. The lowest BCUT2D eigenvalue weighted by Gasteiger charge is -2.37. The minimum absolute atomic E-state index is 0.676. The number of thioether (sulfide) groups is 1. The summed E-state index contributed by atoms with van der Waals surface area (Å²) >= 11 is 2.11. The second-order valence-electron chi connectivity index (χ2n) is 6.06. The predicted molar refractivity (Wildman–Crippen MR) is 95.1 cm³/mol. The Balaban J connectivity index is 1.95. The molecule has 2 unspecified atom stereocenters. The summed E-state index contributed by atoms with van der Waals surface area (Å²) in [6.07, 6.45) is 2.35. The zero-order valence-electron chi connectivity index (χ0n) is 13.8. The highest BCUT2D eigenvalue weighted by Gasteiger charge is 2.25. The molecule has 2 rings (SSSR count). The lowest BCUT2D eigenvalue weighted by molar-refractivity contribution is 0.204. The lowest BCUT2D eigenvalue weighted by Crippen LogP contribution is -2.44. The van der Waals surface area contributed by atoms with Gasteiger partial charge < -0.3 is 5.32 Å². The van der Waals surface area contributed by atoms with Crippen molar-refractivity contribution in [3.05, 3.63) is 35.4 Å². The SMILES string of the molecule is CCCNCCc1ccccc1CN1CCSC(C)C1C. The van der Waals surface area contributed by atoms with Crippen molar-refractivity contribution in [2.75, 3.05) is 25.4 Å². The summed E-state index contributed by atoms with van der Waals surface area (Å²) in [5.41, 5.74) is 3.03. The zero-order chi connectivity index (χ0) is 15.1. The van der Waals surface area contributed by atoms with Gasteiger partial charge in [0.1, 0.15) is 0 Å². The first-order chi connectivity index (χ1) is 10.2. The summed E-state index contributed by atoms with van der Waals surface area (Å²) in [5, 5.41) is 4.26. The Bertz CT molecular complexity index is 421. The highest BCUT2D eigenvalue weighted by atomic mass is 32.2. The van der Waals surface area contributed by atoms with Crippen molar-refractivity contribution in [3.8, 4) is 0 Å². The van der Waals surface area contributed by atoms with Crippen LogP contribution in [0.25, 0.3) is 0 Å². The van der Waals surface area contributed by atoms with Gasteiger partial charge in [-0.3, -0.25) is 4.90 Å². The number of rotatable bonds is 7. The van der Waals surface area contributed by atoms with Crippen LogP contribution >= 0.6 is 11.8 Å². The number of hydrogen-bond acceptors (Lipinski definition) is 3. The van der Waals surface area contributed by atoms with Crippen LogP contribution in [0.4, 0.5) is 0 Å². The molecule has 1 fully saturated rings. The minimum Gasteiger partial charge on any atom is -0.316 e. The van der Waals surface area contributed by atoms with Crippen LogP contribution < -0.4 is 5.32 Å². The third-order valence-electron chi connectivity index (χ3n) is 4.50. The van der Waals surface area contributed by atoms with E-state index in [2.05, 4.69) is 67.0 Å². The van der Waals surface area contributed by atoms with Crippen molar-refractivity contribution in [2.45, 2.75) is 51.4 Å². The Morgan fingerprint density at radius 1 is 1.19 bits per heavy atom. The van der Waals surface area contributed by atoms with E-state index in [1.54, 1.807) is 0 Å². The second kappa shape index (κ2) is 8.82. The zero-order valence-corrected chi connectivity index (χ0v) is 14.6. The third-order valence-corrected chi connectivity index (χ3v) is 5.84. The van der Waals surface area contributed by atoms with Crippen LogP contribution in [0.1, 0.15) is 38.3 Å². The normalized spacial score (nSPS) is 23.4. The molecule has 1 aliphatic heterocycles. The van der Waals surface area contributed by atoms with Crippen molar-refractivity contribution < 1.29 is 0 Å². The number of nitrogens with zero attached hydrogens (tertiary/aromatic N) is 1. The molecule has 1 heterocycles. The molecular weight excluding hydrogens is 276 g/mol. The quantitative estimate of drug-likeness (QED) is 0.776. The first-order valence-corrected chi connectivity index (χ1v) is 9.40. The Morgan fingerprint density at radius 2 is 1.95 bits per heavy atom. The fourth-order valence-corrected chi connectivity index (χ4v) is 4.08. The van der Waals surface area contributed by atoms with Gasteiger partial charge in [-0.15, -0.1) is 0 Å². The van der Waals surface area contributed by atoms with Gasteiger partial charge in [0.15, 0.2) is 0 Å². The van der Waals surface area contributed by atoms with Gasteiger partial charge >= 0.3 is 0 Å². The van der Waals surface area contributed by atoms with Crippen molar-refractivity contribution in [2.24, 2.45) is 0 Å². The molecule has 2 nitrogen and oxygen atoms in total. The highest BCUT2D eigenvalue weighted by molar-refractivity contribution is 8.00. The Morgan fingerprint density at radius 3 is 2.71 bits per heavy atom. The molecule has 21 heavy (non-hydrogen) atoms. The van der Waals surface area contributed by atoms with Crippen LogP contribution in [-0.2, 0) is 13.0 Å². The van der Waals surface area contributed by atoms with E-state index in [0.29, 0.717) is 6.04 Å². The molecule has 0 saturated carbocycles. The fourth-order valence-electron chi connectivity index (χ4n) is 2.92. The molecule has 1 N–H and O–H groups in total. The van der Waals surface area contributed by atoms with Gasteiger partial charge in [-0.2, -0.15) is 11.8 Å². The molecule has 3 heteroatoms. The molecule has 1 aliphatic rings. The highest BCUT2D eigenvalue weighted by Crippen LogP contribution is 2.26. The van der Waals surface area contributed by atoms with Crippen LogP contribution in [0.3, 0.4) is 0 Å². The Hall–Kier alpha value is -0.510. The first-order valence-electron chi connectivity index (χ1n) is 8.35. The summed E-state index contributed by atoms with van der Waals surface area (Å²) in [6.45, 7) is 11.5. The van der Waals surface area contributed by atoms with Gasteiger partial charge in [-0.05, 0) is 44.0 Å². The molecule has 0 amide bonds. The number of hydrogen-bond donors (Lipinski definition) is 1. The van der Waals surface area contributed by atoms with Crippen molar-refractivity contribution in [1.82, 2.24) is 10.2 Å². The number of benzene rings is 1. The van der Waals surface area contributed by atoms with E-state index in [1.165, 1.54) is 29.8 Å². The summed E-state index contributed by atoms with van der Waals surface area (Å²) in [7, 11) is 0. The lowest BCUT2D eigenvalue weighted by atomic mass is 10.0. The topological polar surface area (TPSA) is 15.3 Å². The molecule has 1 aromatic carbocycles. The van der Waals surface area contributed by atoms with E-state index in [9.17, 15) is 0 Å². The maximum Gasteiger partial charge on any atom is 0.0240 e. The first kappa shape index (κ1) is 16.9. The molecule has 2 atom stereocenters. The average molecular weight is 307 g/mol. The molecule has 0 aromatic heterocycles. The summed E-state index contributed by atoms with van der Waals surface area (Å²) < 4.78 is 0.